The average molecular weight is 697 g/mol. The van der Waals surface area contributed by atoms with Gasteiger partial charge in [0.1, 0.15) is 5.65 Å². The molecule has 15 heteroatoms. The van der Waals surface area contributed by atoms with Crippen LogP contribution in [0, 0.1) is 13.8 Å². The molecule has 6 N–H and O–H groups in total. The van der Waals surface area contributed by atoms with Gasteiger partial charge in [-0.1, -0.05) is 19.1 Å². The molecule has 1 amide bonds. The first-order valence-electron chi connectivity index (χ1n) is 15.6. The number of fused-ring (bicyclic) bond motifs is 3. The number of nitrogens with zero attached hydrogens (tertiary/aromatic N) is 2. The van der Waals surface area contributed by atoms with Crippen molar-refractivity contribution in [3.63, 3.8) is 0 Å². The van der Waals surface area contributed by atoms with Crippen LogP contribution in [0.3, 0.4) is 0 Å². The van der Waals surface area contributed by atoms with Crippen molar-refractivity contribution in [3.8, 4) is 11.1 Å². The lowest BCUT2D eigenvalue weighted by Gasteiger charge is -2.29. The number of carbonyl (C=O) groups is 4. The quantitative estimate of drug-likeness (QED) is 0.140. The lowest BCUT2D eigenvalue weighted by molar-refractivity contribution is -0.170. The summed E-state index contributed by atoms with van der Waals surface area (Å²) in [4.78, 5) is 54.6. The van der Waals surface area contributed by atoms with E-state index in [0.717, 1.165) is 70.1 Å². The van der Waals surface area contributed by atoms with Crippen LogP contribution in [-0.4, -0.2) is 105 Å². The first kappa shape index (κ1) is 37.0. The van der Waals surface area contributed by atoms with E-state index >= 15 is 0 Å². The Morgan fingerprint density at radius 3 is 2.22 bits per heavy atom. The number of aryl methyl sites for hydroxylation is 2. The fraction of sp³-hybridized carbons (Fsp3) is 0.382. The van der Waals surface area contributed by atoms with E-state index < -0.39 is 46.2 Å². The van der Waals surface area contributed by atoms with Crippen LogP contribution in [0.4, 0.5) is 0 Å². The van der Waals surface area contributed by atoms with E-state index in [4.69, 9.17) is 20.4 Å². The zero-order valence-corrected chi connectivity index (χ0v) is 28.4. The molecular formula is C34H40N4O10S. The van der Waals surface area contributed by atoms with Crippen LogP contribution in [0.15, 0.2) is 47.5 Å². The minimum Gasteiger partial charge on any atom is -0.481 e. The molecule has 5 rings (SSSR count). The van der Waals surface area contributed by atoms with Gasteiger partial charge < -0.3 is 35.6 Å². The molecule has 1 fully saturated rings. The van der Waals surface area contributed by atoms with Gasteiger partial charge in [-0.05, 0) is 93.3 Å². The molecule has 0 aliphatic carbocycles. The Hall–Kier alpha value is -4.86. The van der Waals surface area contributed by atoms with Crippen molar-refractivity contribution in [2.24, 2.45) is 0 Å². The highest BCUT2D eigenvalue weighted by Gasteiger charge is 2.40. The number of hydrogen-bond donors (Lipinski definition) is 6. The van der Waals surface area contributed by atoms with E-state index in [0.29, 0.717) is 5.56 Å². The van der Waals surface area contributed by atoms with Gasteiger partial charge in [0.25, 0.3) is 5.91 Å². The van der Waals surface area contributed by atoms with Gasteiger partial charge in [-0.15, -0.1) is 0 Å². The molecule has 0 bridgehead atoms. The number of pyridine rings is 1. The molecule has 1 aliphatic rings. The number of piperidine rings is 1. The fourth-order valence-corrected chi connectivity index (χ4v) is 6.74. The number of benzene rings is 2. The molecule has 0 unspecified atom stereocenters. The van der Waals surface area contributed by atoms with Gasteiger partial charge in [0.15, 0.2) is 15.4 Å². The van der Waals surface area contributed by atoms with E-state index in [1.54, 1.807) is 25.1 Å². The number of carbonyl (C=O) groups excluding carboxylic acids is 1. The van der Waals surface area contributed by atoms with Gasteiger partial charge in [-0.3, -0.25) is 14.4 Å². The summed E-state index contributed by atoms with van der Waals surface area (Å²) in [5.41, 5.74) is 2.88. The van der Waals surface area contributed by atoms with Gasteiger partial charge in [0.2, 0.25) is 0 Å². The van der Waals surface area contributed by atoms with Crippen LogP contribution >= 0.6 is 0 Å². The summed E-state index contributed by atoms with van der Waals surface area (Å²) in [7, 11) is -1.28. The molecule has 49 heavy (non-hydrogen) atoms. The number of amides is 1. The minimum absolute atomic E-state index is 0.0280. The summed E-state index contributed by atoms with van der Waals surface area (Å²) in [6, 6.07) is 11.1. The zero-order valence-electron chi connectivity index (χ0n) is 27.6. The summed E-state index contributed by atoms with van der Waals surface area (Å²) in [6.45, 7) is 7.51. The van der Waals surface area contributed by atoms with Crippen LogP contribution in [0.1, 0.15) is 54.1 Å². The topological polar surface area (TPSA) is 227 Å². The van der Waals surface area contributed by atoms with Crippen LogP contribution in [0.2, 0.25) is 0 Å². The van der Waals surface area contributed by atoms with Crippen LogP contribution in [0.25, 0.3) is 33.1 Å². The van der Waals surface area contributed by atoms with Crippen molar-refractivity contribution >= 4 is 55.6 Å². The van der Waals surface area contributed by atoms with Crippen molar-refractivity contribution in [2.45, 2.75) is 63.0 Å². The van der Waals surface area contributed by atoms with Crippen molar-refractivity contribution in [1.29, 1.82) is 0 Å². The molecule has 4 aromatic rings. The molecule has 0 spiro atoms. The maximum atomic E-state index is 13.5. The maximum absolute atomic E-state index is 13.5. The predicted octanol–water partition coefficient (Wildman–Crippen LogP) is 3.37. The number of rotatable bonds is 10. The summed E-state index contributed by atoms with van der Waals surface area (Å²) in [5.74, 6) is -5.10. The van der Waals surface area contributed by atoms with Gasteiger partial charge in [-0.25, -0.2) is 18.2 Å². The molecule has 14 nitrogen and oxygen atoms in total. The smallest absolute Gasteiger partial charge is 0.336 e. The normalized spacial score (nSPS) is 14.3. The van der Waals surface area contributed by atoms with Gasteiger partial charge in [-0.2, -0.15) is 0 Å². The molecule has 1 aliphatic heterocycles. The SMILES string of the molecule is CCS(=O)(=O)c1cccc(-c2cc(C(=O)NC3CCN(C)CC3)c(C)c3[nH]c4ncc(C)cc4c23)c1.O=C(O)CC(O)(CC(=O)O)C(=O)O. The molecule has 0 atom stereocenters. The number of carboxylic acids is 3. The van der Waals surface area contributed by atoms with E-state index in [-0.39, 0.29) is 22.6 Å². The highest BCUT2D eigenvalue weighted by Crippen LogP contribution is 2.38. The van der Waals surface area contributed by atoms with E-state index in [1.165, 1.54) is 0 Å². The minimum atomic E-state index is -3.38. The summed E-state index contributed by atoms with van der Waals surface area (Å²) in [5, 5.41) is 38.9. The number of nitrogens with one attached hydrogen (secondary N) is 2. The number of hydrogen-bond acceptors (Lipinski definition) is 9. The number of aliphatic hydroxyl groups is 1. The van der Waals surface area contributed by atoms with Crippen LogP contribution in [-0.2, 0) is 24.2 Å². The van der Waals surface area contributed by atoms with Gasteiger partial charge in [0.05, 0.1) is 29.0 Å². The van der Waals surface area contributed by atoms with Crippen LogP contribution in [0.5, 0.6) is 0 Å². The maximum Gasteiger partial charge on any atom is 0.336 e. The van der Waals surface area contributed by atoms with Crippen molar-refractivity contribution < 1.29 is 48.0 Å². The van der Waals surface area contributed by atoms with Gasteiger partial charge >= 0.3 is 17.9 Å². The first-order valence-corrected chi connectivity index (χ1v) is 17.2. The summed E-state index contributed by atoms with van der Waals surface area (Å²) >= 11 is 0. The Kier molecular flexibility index (Phi) is 11.1. The highest BCUT2D eigenvalue weighted by molar-refractivity contribution is 7.91. The fourth-order valence-electron chi connectivity index (χ4n) is 5.81. The Balaban J connectivity index is 0.000000355. The van der Waals surface area contributed by atoms with E-state index in [1.807, 2.05) is 32.2 Å². The number of H-pyrrole nitrogens is 1. The zero-order chi connectivity index (χ0) is 36.3. The summed E-state index contributed by atoms with van der Waals surface area (Å²) < 4.78 is 25.3. The molecule has 0 saturated carbocycles. The van der Waals surface area contributed by atoms with E-state index in [9.17, 15) is 27.6 Å². The van der Waals surface area contributed by atoms with Crippen LogP contribution < -0.4 is 5.32 Å². The van der Waals surface area contributed by atoms with E-state index in [2.05, 4.69) is 33.3 Å². The molecule has 2 aromatic heterocycles. The molecule has 3 heterocycles. The first-order chi connectivity index (χ1) is 23.0. The predicted molar refractivity (Wildman–Crippen MR) is 181 cm³/mol. The van der Waals surface area contributed by atoms with Crippen molar-refractivity contribution in [3.05, 3.63) is 59.3 Å². The number of likely N-dealkylation sites (tertiary alicyclic amines) is 1. The second-order valence-corrected chi connectivity index (χ2v) is 14.6. The number of aromatic amines is 1. The van der Waals surface area contributed by atoms with Crippen molar-refractivity contribution in [2.75, 3.05) is 25.9 Å². The highest BCUT2D eigenvalue weighted by atomic mass is 32.2. The third kappa shape index (κ3) is 8.42. The Morgan fingerprint density at radius 1 is 1.02 bits per heavy atom. The van der Waals surface area contributed by atoms with Gasteiger partial charge in [0, 0.05) is 28.6 Å². The molecule has 1 saturated heterocycles. The molecule has 0 radical (unpaired) electrons. The third-order valence-electron chi connectivity index (χ3n) is 8.59. The molecular weight excluding hydrogens is 656 g/mol. The Morgan fingerprint density at radius 2 is 1.65 bits per heavy atom. The second-order valence-electron chi connectivity index (χ2n) is 12.3. The lowest BCUT2D eigenvalue weighted by Crippen LogP contribution is -2.43. The average Bonchev–Trinajstić information content (AvgIpc) is 3.41. The molecule has 262 valence electrons. The monoisotopic (exact) mass is 696 g/mol. The summed E-state index contributed by atoms with van der Waals surface area (Å²) in [6.07, 6.45) is 1.37. The number of aliphatic carboxylic acids is 3. The standard InChI is InChI=1S/C28H32N4O3S.C6H8O7/c1-5-36(34,35)21-8-6-7-19(14-21)23-15-22(28(33)30-20-9-11-32(4)12-10-20)18(3)26-25(23)24-13-17(2)16-29-27(24)31-26;7-3(8)1-6(13,5(11)12)2-4(9)10/h6-8,13-16,20H,5,9-12H2,1-4H3,(H,29,31)(H,30,33);13H,1-2H2,(H,7,8)(H,9,10)(H,11,12). The number of sulfone groups is 1. The lowest BCUT2D eigenvalue weighted by atomic mass is 9.93. The van der Waals surface area contributed by atoms with Crippen molar-refractivity contribution in [1.82, 2.24) is 20.2 Å². The Bertz CT molecular complexity index is 2020. The molecule has 2 aromatic carbocycles. The Labute approximate surface area is 282 Å². The number of aromatic nitrogens is 2. The largest absolute Gasteiger partial charge is 0.481 e. The third-order valence-corrected chi connectivity index (χ3v) is 10.3. The number of carboxylic acid groups (broad SMARTS) is 3. The second kappa shape index (κ2) is 14.7.